The van der Waals surface area contributed by atoms with Crippen LogP contribution in [0.2, 0.25) is 10.0 Å². The molecule has 3 rings (SSSR count). The van der Waals surface area contributed by atoms with Crippen LogP contribution < -0.4 is 0 Å². The van der Waals surface area contributed by atoms with Crippen LogP contribution in [0.25, 0.3) is 0 Å². The Labute approximate surface area is 225 Å². The fourth-order valence-corrected chi connectivity index (χ4v) is 7.28. The summed E-state index contributed by atoms with van der Waals surface area (Å²) < 4.78 is 26.3. The minimum atomic E-state index is -3.35. The smallest absolute Gasteiger partial charge is 0.303 e. The number of aliphatic carboxylic acids is 1. The zero-order chi connectivity index (χ0) is 26.8. The van der Waals surface area contributed by atoms with E-state index in [1.807, 2.05) is 69.3 Å². The summed E-state index contributed by atoms with van der Waals surface area (Å²) in [6.07, 6.45) is 0.626. The van der Waals surface area contributed by atoms with Crippen molar-refractivity contribution in [3.05, 3.63) is 69.7 Å². The fourth-order valence-electron chi connectivity index (χ4n) is 5.52. The molecule has 0 saturated carbocycles. The van der Waals surface area contributed by atoms with E-state index < -0.39 is 26.5 Å². The summed E-state index contributed by atoms with van der Waals surface area (Å²) in [4.78, 5) is 14.2. The van der Waals surface area contributed by atoms with Crippen molar-refractivity contribution in [2.45, 2.75) is 70.7 Å². The lowest BCUT2D eigenvalue weighted by Crippen LogP contribution is -2.55. The van der Waals surface area contributed by atoms with Crippen LogP contribution in [0.3, 0.4) is 0 Å². The van der Waals surface area contributed by atoms with Gasteiger partial charge in [0.1, 0.15) is 0 Å². The summed E-state index contributed by atoms with van der Waals surface area (Å²) in [6.45, 7) is 9.97. The Morgan fingerprint density at radius 2 is 1.69 bits per heavy atom. The van der Waals surface area contributed by atoms with E-state index in [1.54, 1.807) is 13.8 Å². The van der Waals surface area contributed by atoms with Crippen molar-refractivity contribution in [3.8, 4) is 0 Å². The SMILES string of the molecule is CC(C)C(CS(=O)(=O)C(C)C)N1C[C@@](C)(CC(=O)O)C[C@H](c2cccc(Cl)c2)C1c1ccc(Cl)cc1. The Balaban J connectivity index is 2.23. The summed E-state index contributed by atoms with van der Waals surface area (Å²) in [5.41, 5.74) is 1.48. The first kappa shape index (κ1) is 29.0. The molecule has 2 aromatic rings. The highest BCUT2D eigenvalue weighted by atomic mass is 35.5. The highest BCUT2D eigenvalue weighted by Gasteiger charge is 2.48. The summed E-state index contributed by atoms with van der Waals surface area (Å²) in [7, 11) is -3.35. The molecular formula is C28H37Cl2NO4S. The lowest BCUT2D eigenvalue weighted by Gasteiger charge is -2.53. The third kappa shape index (κ3) is 6.83. The van der Waals surface area contributed by atoms with E-state index in [9.17, 15) is 18.3 Å². The monoisotopic (exact) mass is 553 g/mol. The molecule has 1 aliphatic rings. The van der Waals surface area contributed by atoms with E-state index in [4.69, 9.17) is 23.2 Å². The fraction of sp³-hybridized carbons (Fsp3) is 0.536. The number of nitrogens with zero attached hydrogens (tertiary/aromatic N) is 1. The third-order valence-electron chi connectivity index (χ3n) is 7.40. The maximum absolute atomic E-state index is 13.2. The first-order chi connectivity index (χ1) is 16.7. The lowest BCUT2D eigenvalue weighted by atomic mass is 9.67. The molecule has 2 unspecified atom stereocenters. The van der Waals surface area contributed by atoms with Gasteiger partial charge in [0.25, 0.3) is 0 Å². The molecule has 2 aromatic carbocycles. The third-order valence-corrected chi connectivity index (χ3v) is 10.1. The van der Waals surface area contributed by atoms with Gasteiger partial charge in [0.15, 0.2) is 9.84 Å². The molecule has 1 aliphatic heterocycles. The van der Waals surface area contributed by atoms with Gasteiger partial charge < -0.3 is 5.11 Å². The zero-order valence-corrected chi connectivity index (χ0v) is 23.9. The summed E-state index contributed by atoms with van der Waals surface area (Å²) in [5, 5.41) is 10.5. The molecule has 0 spiro atoms. The summed E-state index contributed by atoms with van der Waals surface area (Å²) in [5.74, 6) is -0.910. The number of carbonyl (C=O) groups is 1. The van der Waals surface area contributed by atoms with Crippen molar-refractivity contribution >= 4 is 39.0 Å². The first-order valence-corrected chi connectivity index (χ1v) is 14.9. The Hall–Kier alpha value is -1.60. The number of likely N-dealkylation sites (tertiary alicyclic amines) is 1. The van der Waals surface area contributed by atoms with Crippen LogP contribution in [0, 0.1) is 11.3 Å². The molecule has 36 heavy (non-hydrogen) atoms. The van der Waals surface area contributed by atoms with Crippen LogP contribution >= 0.6 is 23.2 Å². The van der Waals surface area contributed by atoms with Crippen LogP contribution in [-0.4, -0.2) is 48.0 Å². The number of hydrogen-bond acceptors (Lipinski definition) is 4. The van der Waals surface area contributed by atoms with Crippen LogP contribution in [0.1, 0.15) is 70.5 Å². The van der Waals surface area contributed by atoms with Gasteiger partial charge in [0.05, 0.1) is 17.4 Å². The topological polar surface area (TPSA) is 74.7 Å². The van der Waals surface area contributed by atoms with Crippen LogP contribution in [0.4, 0.5) is 0 Å². The van der Waals surface area contributed by atoms with Gasteiger partial charge in [-0.1, -0.05) is 68.2 Å². The quantitative estimate of drug-likeness (QED) is 0.367. The molecule has 1 heterocycles. The second-order valence-corrected chi connectivity index (χ2v) is 14.6. The van der Waals surface area contributed by atoms with Gasteiger partial charge in [0.2, 0.25) is 0 Å². The molecule has 1 fully saturated rings. The highest BCUT2D eigenvalue weighted by molar-refractivity contribution is 7.92. The van der Waals surface area contributed by atoms with Gasteiger partial charge in [0, 0.05) is 34.6 Å². The van der Waals surface area contributed by atoms with Gasteiger partial charge >= 0.3 is 5.97 Å². The van der Waals surface area contributed by atoms with E-state index in [2.05, 4.69) is 4.90 Å². The number of hydrogen-bond donors (Lipinski definition) is 1. The maximum atomic E-state index is 13.2. The minimum Gasteiger partial charge on any atom is -0.481 e. The number of benzene rings is 2. The zero-order valence-electron chi connectivity index (χ0n) is 21.6. The molecule has 0 aromatic heterocycles. The average Bonchev–Trinajstić information content (AvgIpc) is 2.76. The molecule has 1 N–H and O–H groups in total. The van der Waals surface area contributed by atoms with Crippen molar-refractivity contribution in [2.24, 2.45) is 11.3 Å². The van der Waals surface area contributed by atoms with Gasteiger partial charge in [-0.25, -0.2) is 8.42 Å². The Bertz CT molecular complexity index is 1170. The average molecular weight is 555 g/mol. The number of sulfone groups is 1. The normalized spacial score (nSPS) is 24.2. The van der Waals surface area contributed by atoms with Crippen LogP contribution in [0.15, 0.2) is 48.5 Å². The predicted octanol–water partition coefficient (Wildman–Crippen LogP) is 6.85. The minimum absolute atomic E-state index is 0.00432. The molecule has 0 amide bonds. The van der Waals surface area contributed by atoms with Gasteiger partial charge in [-0.3, -0.25) is 9.69 Å². The highest BCUT2D eigenvalue weighted by Crippen LogP contribution is 2.51. The number of halogens is 2. The van der Waals surface area contributed by atoms with Gasteiger partial charge in [-0.05, 0) is 67.0 Å². The first-order valence-electron chi connectivity index (χ1n) is 12.4. The molecule has 0 bridgehead atoms. The largest absolute Gasteiger partial charge is 0.481 e. The molecule has 5 nitrogen and oxygen atoms in total. The van der Waals surface area contributed by atoms with Gasteiger partial charge in [-0.2, -0.15) is 0 Å². The Kier molecular flexibility index (Phi) is 9.19. The van der Waals surface area contributed by atoms with E-state index in [0.29, 0.717) is 23.0 Å². The summed E-state index contributed by atoms with van der Waals surface area (Å²) in [6, 6.07) is 14.9. The molecule has 0 aliphatic carbocycles. The Morgan fingerprint density at radius 1 is 1.06 bits per heavy atom. The van der Waals surface area contributed by atoms with Crippen molar-refractivity contribution < 1.29 is 18.3 Å². The standard InChI is InChI=1S/C28H37Cl2NO4S/c1-18(2)25(16-36(34,35)19(3)4)31-17-28(5,15-26(32)33)14-24(21-7-6-8-23(30)13-21)27(31)20-9-11-22(29)12-10-20/h6-13,18-19,24-25,27H,14-17H2,1-5H3,(H,32,33)/t24-,25?,27?,28-/m1/s1. The van der Waals surface area contributed by atoms with Crippen LogP contribution in [0.5, 0.6) is 0 Å². The molecule has 198 valence electrons. The molecule has 8 heteroatoms. The Morgan fingerprint density at radius 3 is 2.22 bits per heavy atom. The molecule has 0 radical (unpaired) electrons. The van der Waals surface area contributed by atoms with E-state index in [1.165, 1.54) is 0 Å². The molecule has 1 saturated heterocycles. The van der Waals surface area contributed by atoms with E-state index in [0.717, 1.165) is 11.1 Å². The lowest BCUT2D eigenvalue weighted by molar-refractivity contribution is -0.141. The number of carboxylic acid groups (broad SMARTS) is 1. The number of carboxylic acids is 1. The predicted molar refractivity (Wildman–Crippen MR) is 148 cm³/mol. The second kappa shape index (κ2) is 11.4. The van der Waals surface area contributed by atoms with E-state index >= 15 is 0 Å². The van der Waals surface area contributed by atoms with Crippen molar-refractivity contribution in [3.63, 3.8) is 0 Å². The molecular weight excluding hydrogens is 517 g/mol. The van der Waals surface area contributed by atoms with Crippen molar-refractivity contribution in [1.82, 2.24) is 4.90 Å². The van der Waals surface area contributed by atoms with Crippen molar-refractivity contribution in [1.29, 1.82) is 0 Å². The van der Waals surface area contributed by atoms with Crippen molar-refractivity contribution in [2.75, 3.05) is 12.3 Å². The van der Waals surface area contributed by atoms with E-state index in [-0.39, 0.29) is 36.1 Å². The second-order valence-electron chi connectivity index (χ2n) is 11.1. The maximum Gasteiger partial charge on any atom is 0.303 e. The van der Waals surface area contributed by atoms with Gasteiger partial charge in [-0.15, -0.1) is 0 Å². The summed E-state index contributed by atoms with van der Waals surface area (Å²) >= 11 is 12.6. The number of rotatable bonds is 9. The van der Waals surface area contributed by atoms with Crippen LogP contribution in [-0.2, 0) is 14.6 Å². The molecule has 4 atom stereocenters. The number of piperidine rings is 1.